The largest absolute Gasteiger partial charge is 0.384 e. The number of amides is 2. The van der Waals surface area contributed by atoms with Gasteiger partial charge in [-0.15, -0.1) is 0 Å². The minimum atomic E-state index is -0.739. The number of nitrogens with one attached hydrogen (secondary N) is 1. The highest BCUT2D eigenvalue weighted by molar-refractivity contribution is 6.30. The summed E-state index contributed by atoms with van der Waals surface area (Å²) < 4.78 is 0. The van der Waals surface area contributed by atoms with Gasteiger partial charge in [-0.2, -0.15) is 0 Å². The van der Waals surface area contributed by atoms with Crippen molar-refractivity contribution in [2.75, 3.05) is 12.4 Å². The smallest absolute Gasteiger partial charge is 0.321 e. The number of carbonyl (C=O) groups excluding carboxylic acids is 1. The van der Waals surface area contributed by atoms with E-state index in [-0.39, 0.29) is 6.03 Å². The molecule has 1 heterocycles. The molecule has 1 aliphatic heterocycles. The fourth-order valence-electron chi connectivity index (χ4n) is 2.44. The second-order valence-electron chi connectivity index (χ2n) is 5.16. The average Bonchev–Trinajstić information content (AvgIpc) is 2.47. The van der Waals surface area contributed by atoms with Gasteiger partial charge in [-0.3, -0.25) is 0 Å². The Bertz CT molecular complexity index is 702. The van der Waals surface area contributed by atoms with E-state index < -0.39 is 6.10 Å². The van der Waals surface area contributed by atoms with Crippen LogP contribution in [0.2, 0.25) is 5.02 Å². The fraction of sp³-hybridized carbons (Fsp3) is 0.188. The Labute approximate surface area is 128 Å². The summed E-state index contributed by atoms with van der Waals surface area (Å²) >= 11 is 5.96. The molecule has 21 heavy (non-hydrogen) atoms. The van der Waals surface area contributed by atoms with Crippen LogP contribution in [0.4, 0.5) is 10.5 Å². The molecule has 5 heteroatoms. The van der Waals surface area contributed by atoms with E-state index in [1.54, 1.807) is 24.1 Å². The first-order valence-corrected chi connectivity index (χ1v) is 7.01. The molecule has 108 valence electrons. The molecule has 0 bridgehead atoms. The van der Waals surface area contributed by atoms with E-state index in [4.69, 9.17) is 11.6 Å². The second-order valence-corrected chi connectivity index (χ2v) is 5.60. The molecule has 1 aliphatic rings. The van der Waals surface area contributed by atoms with Crippen molar-refractivity contribution in [2.24, 2.45) is 0 Å². The maximum absolute atomic E-state index is 11.6. The van der Waals surface area contributed by atoms with Gasteiger partial charge in [0.25, 0.3) is 0 Å². The minimum absolute atomic E-state index is 0.120. The lowest BCUT2D eigenvalue weighted by Gasteiger charge is -2.26. The predicted molar refractivity (Wildman–Crippen MR) is 82.4 cm³/mol. The third-order valence-corrected chi connectivity index (χ3v) is 3.84. The predicted octanol–water partition coefficient (Wildman–Crippen LogP) is 3.40. The van der Waals surface area contributed by atoms with Crippen LogP contribution >= 0.6 is 11.6 Å². The molecular formula is C16H15ClN2O2. The molecule has 0 aromatic heterocycles. The van der Waals surface area contributed by atoms with Gasteiger partial charge in [0.05, 0.1) is 0 Å². The third kappa shape index (κ3) is 2.73. The summed E-state index contributed by atoms with van der Waals surface area (Å²) in [7, 11) is 1.73. The van der Waals surface area contributed by atoms with Gasteiger partial charge in [-0.1, -0.05) is 29.8 Å². The van der Waals surface area contributed by atoms with E-state index in [9.17, 15) is 9.90 Å². The van der Waals surface area contributed by atoms with Crippen LogP contribution < -0.4 is 5.32 Å². The highest BCUT2D eigenvalue weighted by atomic mass is 35.5. The number of hydrogen-bond donors (Lipinski definition) is 2. The summed E-state index contributed by atoms with van der Waals surface area (Å²) in [6, 6.07) is 12.6. The van der Waals surface area contributed by atoms with Crippen molar-refractivity contribution in [1.82, 2.24) is 4.90 Å². The summed E-state index contributed by atoms with van der Waals surface area (Å²) in [5.74, 6) is 0. The molecule has 2 N–H and O–H groups in total. The van der Waals surface area contributed by atoms with Crippen molar-refractivity contribution in [2.45, 2.75) is 12.6 Å². The molecule has 0 spiro atoms. The standard InChI is InChI=1S/C16H15ClN2O2/c1-19-9-12-7-11(5-6-14(12)18-16(19)21)15(20)10-3-2-4-13(17)8-10/h2-8,15,20H,9H2,1H3,(H,18,21). The number of aliphatic hydroxyl groups is 1. The number of aliphatic hydroxyl groups excluding tert-OH is 1. The molecule has 3 rings (SSSR count). The normalized spacial score (nSPS) is 15.4. The Hall–Kier alpha value is -2.04. The lowest BCUT2D eigenvalue weighted by Crippen LogP contribution is -2.35. The SMILES string of the molecule is CN1Cc2cc(C(O)c3cccc(Cl)c3)ccc2NC1=O. The Morgan fingerprint density at radius 2 is 2.00 bits per heavy atom. The van der Waals surface area contributed by atoms with Crippen LogP contribution in [0.3, 0.4) is 0 Å². The number of fused-ring (bicyclic) bond motifs is 1. The zero-order valence-electron chi connectivity index (χ0n) is 11.5. The zero-order chi connectivity index (χ0) is 15.0. The monoisotopic (exact) mass is 302 g/mol. The van der Waals surface area contributed by atoms with Crippen molar-refractivity contribution in [3.05, 3.63) is 64.2 Å². The lowest BCUT2D eigenvalue weighted by atomic mass is 9.98. The van der Waals surface area contributed by atoms with Gasteiger partial charge in [0.15, 0.2) is 0 Å². The Morgan fingerprint density at radius 1 is 1.24 bits per heavy atom. The van der Waals surface area contributed by atoms with Gasteiger partial charge in [0, 0.05) is 24.3 Å². The summed E-state index contributed by atoms with van der Waals surface area (Å²) in [6.45, 7) is 0.525. The van der Waals surface area contributed by atoms with E-state index in [2.05, 4.69) is 5.32 Å². The quantitative estimate of drug-likeness (QED) is 0.893. The van der Waals surface area contributed by atoms with Crippen LogP contribution in [-0.4, -0.2) is 23.1 Å². The molecule has 2 amide bonds. The highest BCUT2D eigenvalue weighted by Crippen LogP contribution is 2.29. The van der Waals surface area contributed by atoms with Crippen molar-refractivity contribution in [1.29, 1.82) is 0 Å². The average molecular weight is 303 g/mol. The van der Waals surface area contributed by atoms with Crippen molar-refractivity contribution in [3.8, 4) is 0 Å². The number of rotatable bonds is 2. The molecule has 0 saturated heterocycles. The molecule has 0 radical (unpaired) electrons. The maximum Gasteiger partial charge on any atom is 0.321 e. The Kier molecular flexibility index (Phi) is 3.57. The van der Waals surface area contributed by atoms with Crippen molar-refractivity contribution >= 4 is 23.3 Å². The summed E-state index contributed by atoms with van der Waals surface area (Å²) in [5, 5.41) is 13.9. The first kappa shape index (κ1) is 13.9. The van der Waals surface area contributed by atoms with Gasteiger partial charge < -0.3 is 15.3 Å². The van der Waals surface area contributed by atoms with E-state index in [0.29, 0.717) is 11.6 Å². The number of anilines is 1. The topological polar surface area (TPSA) is 52.6 Å². The summed E-state index contributed by atoms with van der Waals surface area (Å²) in [5.41, 5.74) is 3.30. The van der Waals surface area contributed by atoms with Gasteiger partial charge in [-0.25, -0.2) is 4.79 Å². The lowest BCUT2D eigenvalue weighted by molar-refractivity contribution is 0.217. The third-order valence-electron chi connectivity index (χ3n) is 3.61. The van der Waals surface area contributed by atoms with Crippen LogP contribution in [0, 0.1) is 0 Å². The number of urea groups is 1. The first-order chi connectivity index (χ1) is 10.0. The summed E-state index contributed by atoms with van der Waals surface area (Å²) in [6.07, 6.45) is -0.739. The number of nitrogens with zero attached hydrogens (tertiary/aromatic N) is 1. The van der Waals surface area contributed by atoms with Crippen LogP contribution in [0.5, 0.6) is 0 Å². The summed E-state index contributed by atoms with van der Waals surface area (Å²) in [4.78, 5) is 13.2. The van der Waals surface area contributed by atoms with Gasteiger partial charge >= 0.3 is 6.03 Å². The molecule has 1 unspecified atom stereocenters. The van der Waals surface area contributed by atoms with Crippen LogP contribution in [-0.2, 0) is 6.54 Å². The highest BCUT2D eigenvalue weighted by Gasteiger charge is 2.21. The van der Waals surface area contributed by atoms with E-state index in [0.717, 1.165) is 22.4 Å². The molecular weight excluding hydrogens is 288 g/mol. The first-order valence-electron chi connectivity index (χ1n) is 6.63. The second kappa shape index (κ2) is 5.39. The molecule has 0 fully saturated rings. The maximum atomic E-state index is 11.6. The molecule has 0 saturated carbocycles. The molecule has 0 aliphatic carbocycles. The van der Waals surface area contributed by atoms with Gasteiger partial charge in [0.2, 0.25) is 0 Å². The van der Waals surface area contributed by atoms with E-state index in [1.807, 2.05) is 30.3 Å². The van der Waals surface area contributed by atoms with E-state index in [1.165, 1.54) is 0 Å². The number of hydrogen-bond acceptors (Lipinski definition) is 2. The molecule has 4 nitrogen and oxygen atoms in total. The molecule has 1 atom stereocenters. The van der Waals surface area contributed by atoms with Crippen molar-refractivity contribution < 1.29 is 9.90 Å². The van der Waals surface area contributed by atoms with Gasteiger partial charge in [0.1, 0.15) is 6.10 Å². The van der Waals surface area contributed by atoms with Crippen LogP contribution in [0.25, 0.3) is 0 Å². The van der Waals surface area contributed by atoms with Crippen LogP contribution in [0.1, 0.15) is 22.8 Å². The molecule has 2 aromatic rings. The van der Waals surface area contributed by atoms with Gasteiger partial charge in [-0.05, 0) is 41.0 Å². The number of carbonyl (C=O) groups is 1. The number of halogens is 1. The van der Waals surface area contributed by atoms with Crippen molar-refractivity contribution in [3.63, 3.8) is 0 Å². The number of benzene rings is 2. The minimum Gasteiger partial charge on any atom is -0.384 e. The van der Waals surface area contributed by atoms with Crippen LogP contribution in [0.15, 0.2) is 42.5 Å². The fourth-order valence-corrected chi connectivity index (χ4v) is 2.64. The molecule has 2 aromatic carbocycles. The van der Waals surface area contributed by atoms with E-state index >= 15 is 0 Å². The zero-order valence-corrected chi connectivity index (χ0v) is 12.3. The Morgan fingerprint density at radius 3 is 2.76 bits per heavy atom. The Balaban J connectivity index is 1.93.